The summed E-state index contributed by atoms with van der Waals surface area (Å²) in [5.74, 6) is -0.588. The first-order chi connectivity index (χ1) is 20.8. The van der Waals surface area contributed by atoms with Gasteiger partial charge in [-0.05, 0) is 49.2 Å². The second-order valence-corrected chi connectivity index (χ2v) is 10.1. The van der Waals surface area contributed by atoms with Gasteiger partial charge in [-0.25, -0.2) is 14.5 Å². The molecule has 5 aromatic rings. The molecule has 0 unspecified atom stereocenters. The van der Waals surface area contributed by atoms with E-state index in [1.54, 1.807) is 37.3 Å². The molecule has 0 spiro atoms. The molecule has 0 saturated carbocycles. The van der Waals surface area contributed by atoms with Crippen molar-refractivity contribution in [3.8, 4) is 16.9 Å². The summed E-state index contributed by atoms with van der Waals surface area (Å²) in [4.78, 5) is 47.4. The van der Waals surface area contributed by atoms with Crippen molar-refractivity contribution in [1.29, 1.82) is 0 Å². The van der Waals surface area contributed by atoms with E-state index in [9.17, 15) is 14.4 Å². The van der Waals surface area contributed by atoms with E-state index in [4.69, 9.17) is 27.9 Å². The summed E-state index contributed by atoms with van der Waals surface area (Å²) in [5, 5.41) is 11.6. The smallest absolute Gasteiger partial charge is 0.360 e. The Kier molecular flexibility index (Phi) is 9.14. The van der Waals surface area contributed by atoms with Gasteiger partial charge < -0.3 is 20.0 Å². The number of rotatable bonds is 10. The van der Waals surface area contributed by atoms with Crippen molar-refractivity contribution < 1.29 is 14.3 Å². The normalized spacial score (nSPS) is 11.9. The SMILES string of the molecule is CCOC(=O)c1cn(-c2ccc(Cl)cc2C=CC(=O)N[C@@H](Cc2ccccc2)c2nc(-c3cc[nH]c(=O)c3)c(Cl)[nH]2)nn1. The second-order valence-electron chi connectivity index (χ2n) is 9.28. The maximum Gasteiger partial charge on any atom is 0.360 e. The van der Waals surface area contributed by atoms with Gasteiger partial charge in [-0.2, -0.15) is 0 Å². The Labute approximate surface area is 255 Å². The van der Waals surface area contributed by atoms with E-state index in [2.05, 4.69) is 30.6 Å². The first-order valence-corrected chi connectivity index (χ1v) is 13.9. The minimum Gasteiger partial charge on any atom is -0.461 e. The molecule has 1 amide bonds. The number of aromatic nitrogens is 6. The fourth-order valence-electron chi connectivity index (χ4n) is 4.32. The lowest BCUT2D eigenvalue weighted by atomic mass is 10.1. The summed E-state index contributed by atoms with van der Waals surface area (Å²) in [7, 11) is 0. The van der Waals surface area contributed by atoms with E-state index >= 15 is 0 Å². The van der Waals surface area contributed by atoms with Gasteiger partial charge in [-0.1, -0.05) is 58.7 Å². The number of carbonyl (C=O) groups is 2. The van der Waals surface area contributed by atoms with E-state index in [-0.39, 0.29) is 23.0 Å². The molecule has 218 valence electrons. The molecule has 11 nitrogen and oxygen atoms in total. The van der Waals surface area contributed by atoms with Crippen molar-refractivity contribution in [2.75, 3.05) is 6.61 Å². The van der Waals surface area contributed by atoms with E-state index in [0.717, 1.165) is 5.56 Å². The van der Waals surface area contributed by atoms with Crippen LogP contribution in [-0.2, 0) is 16.0 Å². The largest absolute Gasteiger partial charge is 0.461 e. The molecule has 3 heterocycles. The van der Waals surface area contributed by atoms with Crippen LogP contribution < -0.4 is 10.9 Å². The molecule has 43 heavy (non-hydrogen) atoms. The summed E-state index contributed by atoms with van der Waals surface area (Å²) in [6.45, 7) is 1.91. The summed E-state index contributed by atoms with van der Waals surface area (Å²) in [6, 6.07) is 17.1. The quantitative estimate of drug-likeness (QED) is 0.148. The minimum absolute atomic E-state index is 0.0461. The Balaban J connectivity index is 1.41. The van der Waals surface area contributed by atoms with Crippen LogP contribution in [0.25, 0.3) is 23.0 Å². The van der Waals surface area contributed by atoms with Crippen LogP contribution in [0.5, 0.6) is 0 Å². The molecule has 0 radical (unpaired) electrons. The maximum absolute atomic E-state index is 13.2. The highest BCUT2D eigenvalue weighted by atomic mass is 35.5. The number of nitrogens with one attached hydrogen (secondary N) is 3. The Hall–Kier alpha value is -5.00. The number of carbonyl (C=O) groups excluding carboxylic acids is 2. The zero-order valence-corrected chi connectivity index (χ0v) is 24.3. The number of esters is 1. The van der Waals surface area contributed by atoms with E-state index in [1.165, 1.54) is 29.2 Å². The third kappa shape index (κ3) is 7.26. The molecule has 5 rings (SSSR count). The van der Waals surface area contributed by atoms with Crippen LogP contribution >= 0.6 is 23.2 Å². The van der Waals surface area contributed by atoms with Crippen LogP contribution in [0, 0.1) is 0 Å². The average Bonchev–Trinajstić information content (AvgIpc) is 3.64. The van der Waals surface area contributed by atoms with Gasteiger partial charge in [-0.15, -0.1) is 5.10 Å². The molecular formula is C30H25Cl2N7O4. The summed E-state index contributed by atoms with van der Waals surface area (Å²) in [6.07, 6.45) is 6.30. The number of ether oxygens (including phenoxy) is 1. The highest BCUT2D eigenvalue weighted by molar-refractivity contribution is 6.32. The number of pyridine rings is 1. The minimum atomic E-state index is -0.594. The molecule has 13 heteroatoms. The Morgan fingerprint density at radius 2 is 1.93 bits per heavy atom. The number of hydrogen-bond acceptors (Lipinski definition) is 7. The van der Waals surface area contributed by atoms with Crippen molar-refractivity contribution in [3.05, 3.63) is 122 Å². The maximum atomic E-state index is 13.2. The Morgan fingerprint density at radius 1 is 1.12 bits per heavy atom. The van der Waals surface area contributed by atoms with Crippen LogP contribution in [0.1, 0.15) is 40.4 Å². The number of amides is 1. The van der Waals surface area contributed by atoms with Crippen LogP contribution in [0.3, 0.4) is 0 Å². The Bertz CT molecular complexity index is 1850. The van der Waals surface area contributed by atoms with Crippen molar-refractivity contribution in [2.45, 2.75) is 19.4 Å². The fraction of sp³-hybridized carbons (Fsp3) is 0.133. The van der Waals surface area contributed by atoms with Gasteiger partial charge in [0, 0.05) is 34.5 Å². The first kappa shape index (κ1) is 29.5. The summed E-state index contributed by atoms with van der Waals surface area (Å²) < 4.78 is 6.39. The second kappa shape index (κ2) is 13.3. The van der Waals surface area contributed by atoms with E-state index < -0.39 is 17.9 Å². The van der Waals surface area contributed by atoms with Crippen LogP contribution in [0.15, 0.2) is 83.9 Å². The lowest BCUT2D eigenvalue weighted by Crippen LogP contribution is -2.29. The highest BCUT2D eigenvalue weighted by Crippen LogP contribution is 2.28. The molecule has 2 aromatic carbocycles. The fourth-order valence-corrected chi connectivity index (χ4v) is 4.74. The van der Waals surface area contributed by atoms with Gasteiger partial charge in [-0.3, -0.25) is 9.59 Å². The van der Waals surface area contributed by atoms with Gasteiger partial charge in [0.25, 0.3) is 0 Å². The number of benzene rings is 2. The first-order valence-electron chi connectivity index (χ1n) is 13.2. The van der Waals surface area contributed by atoms with Crippen molar-refractivity contribution in [3.63, 3.8) is 0 Å². The molecular weight excluding hydrogens is 593 g/mol. The van der Waals surface area contributed by atoms with Crippen molar-refractivity contribution in [2.24, 2.45) is 0 Å². The zero-order valence-electron chi connectivity index (χ0n) is 22.8. The molecule has 0 bridgehead atoms. The summed E-state index contributed by atoms with van der Waals surface area (Å²) in [5.41, 5.74) is 2.74. The molecule has 1 atom stereocenters. The van der Waals surface area contributed by atoms with Gasteiger partial charge >= 0.3 is 5.97 Å². The molecule has 0 saturated heterocycles. The Morgan fingerprint density at radius 3 is 2.70 bits per heavy atom. The third-order valence-corrected chi connectivity index (χ3v) is 6.79. The van der Waals surface area contributed by atoms with Gasteiger partial charge in [0.1, 0.15) is 16.7 Å². The van der Waals surface area contributed by atoms with E-state index in [1.807, 2.05) is 30.3 Å². The number of imidazole rings is 1. The molecule has 0 aliphatic carbocycles. The van der Waals surface area contributed by atoms with Gasteiger partial charge in [0.2, 0.25) is 11.5 Å². The van der Waals surface area contributed by atoms with Crippen LogP contribution in [0.4, 0.5) is 0 Å². The molecule has 3 N–H and O–H groups in total. The standard InChI is InChI=1S/C30H25Cl2N7O4/c1-2-43-30(42)23-17-39(38-37-23)24-10-9-21(31)15-19(24)8-11-25(40)34-22(14-18-6-4-3-5-7-18)29-35-27(28(32)36-29)20-12-13-33-26(41)16-20/h3-13,15-17,22H,2,14H2,1H3,(H,33,41)(H,34,40)(H,35,36)/t22-/m0/s1. The predicted octanol–water partition coefficient (Wildman–Crippen LogP) is 4.94. The topological polar surface area (TPSA) is 148 Å². The molecule has 0 aliphatic rings. The number of H-pyrrole nitrogens is 2. The monoisotopic (exact) mass is 617 g/mol. The van der Waals surface area contributed by atoms with Crippen LogP contribution in [-0.4, -0.2) is 48.4 Å². The molecule has 0 fully saturated rings. The van der Waals surface area contributed by atoms with E-state index in [0.29, 0.717) is 39.8 Å². The predicted molar refractivity (Wildman–Crippen MR) is 162 cm³/mol. The zero-order chi connectivity index (χ0) is 30.3. The van der Waals surface area contributed by atoms with Crippen molar-refractivity contribution in [1.82, 2.24) is 35.3 Å². The summed E-state index contributed by atoms with van der Waals surface area (Å²) >= 11 is 12.7. The molecule has 3 aromatic heterocycles. The van der Waals surface area contributed by atoms with Crippen molar-refractivity contribution >= 4 is 41.2 Å². The number of hydrogen-bond donors (Lipinski definition) is 3. The number of aromatic amines is 2. The van der Waals surface area contributed by atoms with Gasteiger partial charge in [0.05, 0.1) is 24.5 Å². The third-order valence-electron chi connectivity index (χ3n) is 6.28. The lowest BCUT2D eigenvalue weighted by molar-refractivity contribution is -0.117. The average molecular weight is 618 g/mol. The highest BCUT2D eigenvalue weighted by Gasteiger charge is 2.21. The molecule has 0 aliphatic heterocycles. The lowest BCUT2D eigenvalue weighted by Gasteiger charge is -2.16. The number of halogens is 2. The van der Waals surface area contributed by atoms with Crippen LogP contribution in [0.2, 0.25) is 10.2 Å². The van der Waals surface area contributed by atoms with Gasteiger partial charge in [0.15, 0.2) is 5.69 Å². The number of nitrogens with zero attached hydrogens (tertiary/aromatic N) is 4.